The molecule has 1 unspecified atom stereocenters. The number of nitrogens with one attached hydrogen (secondary N) is 1. The standard InChI is InChI=1S/C12H16N2O4S/c1-9(12(15)16)19(17,18)14-8-4-7-13-10-5-2-3-6-11(10)14/h2-3,5-6,9,13H,4,7-8H2,1H3,(H,15,16). The van der Waals surface area contributed by atoms with E-state index in [-0.39, 0.29) is 6.54 Å². The first kappa shape index (κ1) is 13.7. The SMILES string of the molecule is CC(C(=O)O)S(=O)(=O)N1CCCNc2ccccc21. The summed E-state index contributed by atoms with van der Waals surface area (Å²) in [5.74, 6) is -1.34. The van der Waals surface area contributed by atoms with Crippen molar-refractivity contribution < 1.29 is 18.3 Å². The molecule has 1 aliphatic heterocycles. The van der Waals surface area contributed by atoms with E-state index in [4.69, 9.17) is 5.11 Å². The van der Waals surface area contributed by atoms with Crippen LogP contribution in [0.25, 0.3) is 0 Å². The van der Waals surface area contributed by atoms with Crippen molar-refractivity contribution >= 4 is 27.4 Å². The summed E-state index contributed by atoms with van der Waals surface area (Å²) in [6.07, 6.45) is 0.625. The zero-order chi connectivity index (χ0) is 14.0. The summed E-state index contributed by atoms with van der Waals surface area (Å²) in [7, 11) is -3.90. The minimum atomic E-state index is -3.90. The molecule has 2 N–H and O–H groups in total. The molecule has 0 spiro atoms. The van der Waals surface area contributed by atoms with Gasteiger partial charge in [-0.2, -0.15) is 0 Å². The average Bonchev–Trinajstić information content (AvgIpc) is 2.60. The maximum absolute atomic E-state index is 12.4. The van der Waals surface area contributed by atoms with Crippen LogP contribution in [-0.2, 0) is 14.8 Å². The monoisotopic (exact) mass is 284 g/mol. The molecule has 1 atom stereocenters. The fourth-order valence-corrected chi connectivity index (χ4v) is 3.44. The molecule has 7 heteroatoms. The molecule has 0 aliphatic carbocycles. The van der Waals surface area contributed by atoms with Crippen molar-refractivity contribution in [3.8, 4) is 0 Å². The van der Waals surface area contributed by atoms with E-state index in [0.29, 0.717) is 24.3 Å². The Morgan fingerprint density at radius 1 is 1.42 bits per heavy atom. The molecule has 2 rings (SSSR count). The Balaban J connectivity index is 2.48. The van der Waals surface area contributed by atoms with Crippen molar-refractivity contribution in [3.63, 3.8) is 0 Å². The number of hydrogen-bond donors (Lipinski definition) is 2. The fourth-order valence-electron chi connectivity index (χ4n) is 1.99. The summed E-state index contributed by atoms with van der Waals surface area (Å²) in [5, 5.41) is 10.6. The van der Waals surface area contributed by atoms with Gasteiger partial charge in [0.05, 0.1) is 11.4 Å². The molecule has 1 aliphatic rings. The van der Waals surface area contributed by atoms with Gasteiger partial charge in [-0.05, 0) is 25.5 Å². The number of para-hydroxylation sites is 2. The Morgan fingerprint density at radius 2 is 2.11 bits per heavy atom. The molecular formula is C12H16N2O4S. The van der Waals surface area contributed by atoms with Gasteiger partial charge in [0.25, 0.3) is 0 Å². The van der Waals surface area contributed by atoms with Gasteiger partial charge in [-0.1, -0.05) is 12.1 Å². The van der Waals surface area contributed by atoms with Crippen LogP contribution in [0.2, 0.25) is 0 Å². The van der Waals surface area contributed by atoms with E-state index in [1.54, 1.807) is 18.2 Å². The molecule has 19 heavy (non-hydrogen) atoms. The number of fused-ring (bicyclic) bond motifs is 1. The highest BCUT2D eigenvalue weighted by molar-refractivity contribution is 7.94. The normalized spacial score (nSPS) is 17.0. The number of carboxylic acid groups (broad SMARTS) is 1. The topological polar surface area (TPSA) is 86.7 Å². The summed E-state index contributed by atoms with van der Waals surface area (Å²) in [6, 6.07) is 7.01. The van der Waals surface area contributed by atoms with Crippen LogP contribution in [0.4, 0.5) is 11.4 Å². The van der Waals surface area contributed by atoms with Crippen molar-refractivity contribution in [2.24, 2.45) is 0 Å². The number of carbonyl (C=O) groups is 1. The lowest BCUT2D eigenvalue weighted by atomic mass is 10.2. The molecule has 0 fully saturated rings. The highest BCUT2D eigenvalue weighted by Gasteiger charge is 2.35. The molecule has 1 aromatic rings. The lowest BCUT2D eigenvalue weighted by Gasteiger charge is -2.25. The number of anilines is 2. The zero-order valence-corrected chi connectivity index (χ0v) is 11.4. The van der Waals surface area contributed by atoms with Gasteiger partial charge in [0.15, 0.2) is 5.25 Å². The number of rotatable bonds is 3. The largest absolute Gasteiger partial charge is 0.480 e. The molecule has 6 nitrogen and oxygen atoms in total. The zero-order valence-electron chi connectivity index (χ0n) is 10.5. The van der Waals surface area contributed by atoms with E-state index in [1.165, 1.54) is 11.2 Å². The van der Waals surface area contributed by atoms with Crippen LogP contribution >= 0.6 is 0 Å². The summed E-state index contributed by atoms with van der Waals surface area (Å²) >= 11 is 0. The van der Waals surface area contributed by atoms with Crippen molar-refractivity contribution in [2.45, 2.75) is 18.6 Å². The van der Waals surface area contributed by atoms with E-state index in [1.807, 2.05) is 6.07 Å². The van der Waals surface area contributed by atoms with Crippen molar-refractivity contribution in [3.05, 3.63) is 24.3 Å². The van der Waals surface area contributed by atoms with Gasteiger partial charge in [-0.3, -0.25) is 9.10 Å². The number of aliphatic carboxylic acids is 1. The molecule has 0 saturated carbocycles. The van der Waals surface area contributed by atoms with Crippen LogP contribution in [0.15, 0.2) is 24.3 Å². The molecule has 0 amide bonds. The van der Waals surface area contributed by atoms with E-state index in [9.17, 15) is 13.2 Å². The molecular weight excluding hydrogens is 268 g/mol. The molecule has 0 bridgehead atoms. The predicted octanol–water partition coefficient (Wildman–Crippen LogP) is 1.11. The van der Waals surface area contributed by atoms with Crippen molar-refractivity contribution in [1.82, 2.24) is 0 Å². The second kappa shape index (κ2) is 5.08. The lowest BCUT2D eigenvalue weighted by molar-refractivity contribution is -0.136. The van der Waals surface area contributed by atoms with Crippen LogP contribution in [0.1, 0.15) is 13.3 Å². The smallest absolute Gasteiger partial charge is 0.323 e. The number of sulfonamides is 1. The third-order valence-corrected chi connectivity index (χ3v) is 5.22. The minimum Gasteiger partial charge on any atom is -0.480 e. The van der Waals surface area contributed by atoms with Gasteiger partial charge < -0.3 is 10.4 Å². The second-order valence-corrected chi connectivity index (χ2v) is 6.57. The molecule has 104 valence electrons. The highest BCUT2D eigenvalue weighted by Crippen LogP contribution is 2.31. The Bertz CT molecular complexity index is 585. The third-order valence-electron chi connectivity index (χ3n) is 3.13. The number of hydrogen-bond acceptors (Lipinski definition) is 4. The van der Waals surface area contributed by atoms with Crippen molar-refractivity contribution in [2.75, 3.05) is 22.7 Å². The summed E-state index contributed by atoms with van der Waals surface area (Å²) < 4.78 is 25.9. The van der Waals surface area contributed by atoms with Gasteiger partial charge in [0.2, 0.25) is 10.0 Å². The van der Waals surface area contributed by atoms with Gasteiger partial charge >= 0.3 is 5.97 Å². The molecule has 0 aromatic heterocycles. The van der Waals surface area contributed by atoms with E-state index in [0.717, 1.165) is 0 Å². The molecule has 1 aromatic carbocycles. The van der Waals surface area contributed by atoms with E-state index >= 15 is 0 Å². The Hall–Kier alpha value is -1.76. The van der Waals surface area contributed by atoms with Crippen molar-refractivity contribution in [1.29, 1.82) is 0 Å². The lowest BCUT2D eigenvalue weighted by Crippen LogP contribution is -2.41. The number of benzene rings is 1. The number of carboxylic acids is 1. The Morgan fingerprint density at radius 3 is 2.79 bits per heavy atom. The predicted molar refractivity (Wildman–Crippen MR) is 72.9 cm³/mol. The first-order valence-electron chi connectivity index (χ1n) is 6.02. The van der Waals surface area contributed by atoms with E-state index < -0.39 is 21.2 Å². The first-order valence-corrected chi connectivity index (χ1v) is 7.52. The Kier molecular flexibility index (Phi) is 3.66. The highest BCUT2D eigenvalue weighted by atomic mass is 32.2. The summed E-state index contributed by atoms with van der Waals surface area (Å²) in [5.41, 5.74) is 1.22. The third kappa shape index (κ3) is 2.51. The maximum Gasteiger partial charge on any atom is 0.323 e. The van der Waals surface area contributed by atoms with Gasteiger partial charge in [-0.15, -0.1) is 0 Å². The molecule has 0 saturated heterocycles. The first-order chi connectivity index (χ1) is 8.94. The fraction of sp³-hybridized carbons (Fsp3) is 0.417. The van der Waals surface area contributed by atoms with Crippen LogP contribution in [0.5, 0.6) is 0 Å². The van der Waals surface area contributed by atoms with Crippen LogP contribution in [0.3, 0.4) is 0 Å². The molecule has 1 heterocycles. The maximum atomic E-state index is 12.4. The van der Waals surface area contributed by atoms with Crippen LogP contribution in [0, 0.1) is 0 Å². The van der Waals surface area contributed by atoms with Crippen LogP contribution < -0.4 is 9.62 Å². The number of nitrogens with zero attached hydrogens (tertiary/aromatic N) is 1. The summed E-state index contributed by atoms with van der Waals surface area (Å²) in [6.45, 7) is 2.13. The van der Waals surface area contributed by atoms with Gasteiger partial charge in [0.1, 0.15) is 0 Å². The second-order valence-electron chi connectivity index (χ2n) is 4.40. The average molecular weight is 284 g/mol. The van der Waals surface area contributed by atoms with Gasteiger partial charge in [0, 0.05) is 13.1 Å². The molecule has 0 radical (unpaired) electrons. The van der Waals surface area contributed by atoms with Gasteiger partial charge in [-0.25, -0.2) is 8.42 Å². The summed E-state index contributed by atoms with van der Waals surface area (Å²) in [4.78, 5) is 11.0. The minimum absolute atomic E-state index is 0.282. The Labute approximate surface area is 112 Å². The quantitative estimate of drug-likeness (QED) is 0.868. The van der Waals surface area contributed by atoms with Crippen LogP contribution in [-0.4, -0.2) is 37.8 Å². The van der Waals surface area contributed by atoms with E-state index in [2.05, 4.69) is 5.32 Å².